The molecule has 0 aliphatic carbocycles. The normalized spacial score (nSPS) is 10.1. The molecular formula is C13H7N2NaO3. The number of nitrogens with zero attached hydrogens (tertiary/aromatic N) is 2. The van der Waals surface area contributed by atoms with E-state index in [0.717, 1.165) is 10.9 Å². The molecule has 1 aromatic carbocycles. The number of rotatable bonds is 2. The van der Waals surface area contributed by atoms with E-state index in [-0.39, 0.29) is 29.6 Å². The second-order valence-electron chi connectivity index (χ2n) is 3.71. The van der Waals surface area contributed by atoms with Gasteiger partial charge in [-0.15, -0.1) is 0 Å². The number of pyridine rings is 1. The first kappa shape index (κ1) is 13.7. The summed E-state index contributed by atoms with van der Waals surface area (Å²) >= 11 is 0. The molecule has 6 heteroatoms. The summed E-state index contributed by atoms with van der Waals surface area (Å²) in [4.78, 5) is 18.5. The molecule has 3 aromatic rings. The first-order valence-corrected chi connectivity index (χ1v) is 5.27. The molecule has 0 atom stereocenters. The van der Waals surface area contributed by atoms with Gasteiger partial charge < -0.3 is 14.3 Å². The van der Waals surface area contributed by atoms with Crippen LogP contribution in [0.15, 0.2) is 47.0 Å². The Bertz CT molecular complexity index is 739. The molecule has 0 fully saturated rings. The molecule has 0 N–H and O–H groups in total. The van der Waals surface area contributed by atoms with Gasteiger partial charge in [-0.2, -0.15) is 0 Å². The number of oxazole rings is 1. The van der Waals surface area contributed by atoms with Gasteiger partial charge >= 0.3 is 29.6 Å². The SMILES string of the molecule is O=C([O-])c1ncc(-c2ccc3ccccc3n2)o1.[Na+]. The number of carboxylic acids is 1. The van der Waals surface area contributed by atoms with Crippen LogP contribution in [0.1, 0.15) is 10.7 Å². The van der Waals surface area contributed by atoms with Gasteiger partial charge in [-0.1, -0.05) is 24.3 Å². The van der Waals surface area contributed by atoms with Crippen molar-refractivity contribution in [2.75, 3.05) is 0 Å². The number of carbonyl (C=O) groups is 1. The van der Waals surface area contributed by atoms with Crippen molar-refractivity contribution in [3.05, 3.63) is 48.5 Å². The number of carboxylic acid groups (broad SMARTS) is 1. The van der Waals surface area contributed by atoms with Crippen molar-refractivity contribution < 1.29 is 43.9 Å². The third-order valence-corrected chi connectivity index (χ3v) is 2.53. The van der Waals surface area contributed by atoms with Crippen molar-refractivity contribution in [3.63, 3.8) is 0 Å². The Hall–Kier alpha value is -1.69. The fourth-order valence-corrected chi connectivity index (χ4v) is 1.69. The minimum Gasteiger partial charge on any atom is -0.540 e. The Balaban J connectivity index is 0.00000133. The maximum absolute atomic E-state index is 10.6. The topological polar surface area (TPSA) is 79.0 Å². The summed E-state index contributed by atoms with van der Waals surface area (Å²) in [5.74, 6) is -1.58. The summed E-state index contributed by atoms with van der Waals surface area (Å²) in [6, 6.07) is 11.3. The molecule has 19 heavy (non-hydrogen) atoms. The molecule has 3 rings (SSSR count). The summed E-state index contributed by atoms with van der Waals surface area (Å²) < 4.78 is 5.04. The summed E-state index contributed by atoms with van der Waals surface area (Å²) in [6.45, 7) is 0. The molecule has 2 heterocycles. The second-order valence-corrected chi connectivity index (χ2v) is 3.71. The van der Waals surface area contributed by atoms with Crippen molar-refractivity contribution in [3.8, 4) is 11.5 Å². The van der Waals surface area contributed by atoms with E-state index in [9.17, 15) is 9.90 Å². The number of benzene rings is 1. The van der Waals surface area contributed by atoms with Crippen LogP contribution in [-0.2, 0) is 0 Å². The third-order valence-electron chi connectivity index (χ3n) is 2.53. The van der Waals surface area contributed by atoms with Gasteiger partial charge in [0.1, 0.15) is 11.7 Å². The Labute approximate surface area is 130 Å². The van der Waals surface area contributed by atoms with Crippen molar-refractivity contribution in [2.24, 2.45) is 0 Å². The molecule has 0 amide bonds. The summed E-state index contributed by atoms with van der Waals surface area (Å²) in [5, 5.41) is 11.6. The van der Waals surface area contributed by atoms with Crippen LogP contribution in [0.5, 0.6) is 0 Å². The van der Waals surface area contributed by atoms with Crippen molar-refractivity contribution in [1.29, 1.82) is 0 Å². The van der Waals surface area contributed by atoms with E-state index in [1.54, 1.807) is 6.07 Å². The molecule has 0 aliphatic heterocycles. The van der Waals surface area contributed by atoms with Crippen molar-refractivity contribution in [1.82, 2.24) is 9.97 Å². The predicted molar refractivity (Wildman–Crippen MR) is 61.6 cm³/mol. The van der Waals surface area contributed by atoms with Gasteiger partial charge in [0.15, 0.2) is 5.76 Å². The van der Waals surface area contributed by atoms with Gasteiger partial charge in [0.2, 0.25) is 5.89 Å². The maximum Gasteiger partial charge on any atom is 1.00 e. The molecule has 5 nitrogen and oxygen atoms in total. The van der Waals surface area contributed by atoms with E-state index in [0.29, 0.717) is 11.5 Å². The van der Waals surface area contributed by atoms with Crippen molar-refractivity contribution in [2.45, 2.75) is 0 Å². The van der Waals surface area contributed by atoms with Gasteiger partial charge in [0, 0.05) is 5.39 Å². The van der Waals surface area contributed by atoms with Crippen LogP contribution in [0.25, 0.3) is 22.4 Å². The number of hydrogen-bond acceptors (Lipinski definition) is 5. The quantitative estimate of drug-likeness (QED) is 0.512. The zero-order valence-corrected chi connectivity index (χ0v) is 12.2. The number of para-hydroxylation sites is 1. The molecule has 0 unspecified atom stereocenters. The number of carbonyl (C=O) groups excluding carboxylic acids is 1. The van der Waals surface area contributed by atoms with Gasteiger partial charge in [-0.05, 0) is 12.1 Å². The molecule has 0 saturated carbocycles. The summed E-state index contributed by atoms with van der Waals surface area (Å²) in [7, 11) is 0. The van der Waals surface area contributed by atoms with E-state index in [1.807, 2.05) is 30.3 Å². The maximum atomic E-state index is 10.6. The number of aromatic nitrogens is 2. The molecular weight excluding hydrogens is 255 g/mol. The van der Waals surface area contributed by atoms with Gasteiger partial charge in [-0.25, -0.2) is 9.97 Å². The monoisotopic (exact) mass is 262 g/mol. The minimum absolute atomic E-state index is 0. The average Bonchev–Trinajstić information content (AvgIpc) is 2.88. The van der Waals surface area contributed by atoms with Crippen LogP contribution in [0.4, 0.5) is 0 Å². The van der Waals surface area contributed by atoms with Crippen LogP contribution < -0.4 is 34.7 Å². The molecule has 0 saturated heterocycles. The zero-order valence-electron chi connectivity index (χ0n) is 10.2. The first-order valence-electron chi connectivity index (χ1n) is 5.27. The Morgan fingerprint density at radius 3 is 2.68 bits per heavy atom. The molecule has 2 aromatic heterocycles. The van der Waals surface area contributed by atoms with Crippen LogP contribution in [-0.4, -0.2) is 15.9 Å². The second kappa shape index (κ2) is 5.52. The van der Waals surface area contributed by atoms with Crippen molar-refractivity contribution >= 4 is 16.9 Å². The van der Waals surface area contributed by atoms with E-state index < -0.39 is 11.9 Å². The van der Waals surface area contributed by atoms with Gasteiger partial charge in [0.25, 0.3) is 0 Å². The number of fused-ring (bicyclic) bond motifs is 1. The Morgan fingerprint density at radius 1 is 1.16 bits per heavy atom. The Kier molecular flexibility index (Phi) is 3.99. The van der Waals surface area contributed by atoms with E-state index in [1.165, 1.54) is 6.20 Å². The first-order chi connectivity index (χ1) is 8.74. The predicted octanol–water partition coefficient (Wildman–Crippen LogP) is -1.74. The summed E-state index contributed by atoms with van der Waals surface area (Å²) in [5.41, 5.74) is 1.34. The van der Waals surface area contributed by atoms with Crippen LogP contribution >= 0.6 is 0 Å². The zero-order chi connectivity index (χ0) is 12.5. The average molecular weight is 262 g/mol. The third kappa shape index (κ3) is 2.68. The van der Waals surface area contributed by atoms with Gasteiger partial charge in [0.05, 0.1) is 11.7 Å². The fraction of sp³-hybridized carbons (Fsp3) is 0. The Morgan fingerprint density at radius 2 is 1.95 bits per heavy atom. The fourth-order valence-electron chi connectivity index (χ4n) is 1.69. The molecule has 0 radical (unpaired) electrons. The molecule has 88 valence electrons. The van der Waals surface area contributed by atoms with Crippen LogP contribution in [0.3, 0.4) is 0 Å². The van der Waals surface area contributed by atoms with E-state index in [4.69, 9.17) is 4.42 Å². The largest absolute Gasteiger partial charge is 1.00 e. The standard InChI is InChI=1S/C13H8N2O3.Na/c16-13(17)12-14-7-11(18-12)10-6-5-8-3-1-2-4-9(8)15-10;/h1-7H,(H,16,17);/q;+1/p-1. The minimum atomic E-state index is -1.44. The van der Waals surface area contributed by atoms with Crippen LogP contribution in [0.2, 0.25) is 0 Å². The van der Waals surface area contributed by atoms with E-state index in [2.05, 4.69) is 9.97 Å². The molecule has 0 bridgehead atoms. The number of aromatic carboxylic acids is 1. The van der Waals surface area contributed by atoms with Gasteiger partial charge in [-0.3, -0.25) is 0 Å². The van der Waals surface area contributed by atoms with Crippen LogP contribution in [0, 0.1) is 0 Å². The molecule has 0 aliphatic rings. The molecule has 0 spiro atoms. The summed E-state index contributed by atoms with van der Waals surface area (Å²) in [6.07, 6.45) is 1.32. The van der Waals surface area contributed by atoms with E-state index >= 15 is 0 Å². The smallest absolute Gasteiger partial charge is 0.540 e. The number of hydrogen-bond donors (Lipinski definition) is 0.